The molecule has 0 unspecified atom stereocenters. The van der Waals surface area contributed by atoms with Crippen LogP contribution in [0.5, 0.6) is 5.75 Å². The Morgan fingerprint density at radius 2 is 1.66 bits per heavy atom. The number of hydrogen-bond donors (Lipinski definition) is 4. The highest BCUT2D eigenvalue weighted by Gasteiger charge is 2.18. The number of halogens is 2. The molecule has 6 N–H and O–H groups in total. The van der Waals surface area contributed by atoms with Crippen LogP contribution >= 0.6 is 24.8 Å². The molecule has 0 aliphatic carbocycles. The van der Waals surface area contributed by atoms with Crippen LogP contribution < -0.4 is 16.2 Å². The SMILES string of the molecule is COc1c(/C(N)=N/O)cccc1-c1cc(-c2ccc(/C(N)=N/O)cc2)no1.Cl.Cl. The van der Waals surface area contributed by atoms with Gasteiger partial charge in [0.15, 0.2) is 17.4 Å². The summed E-state index contributed by atoms with van der Waals surface area (Å²) in [6.07, 6.45) is 0. The first-order valence-electron chi connectivity index (χ1n) is 7.79. The average molecular weight is 440 g/mol. The lowest BCUT2D eigenvalue weighted by atomic mass is 10.0. The number of ether oxygens (including phenoxy) is 1. The van der Waals surface area contributed by atoms with E-state index in [0.29, 0.717) is 33.9 Å². The van der Waals surface area contributed by atoms with E-state index < -0.39 is 0 Å². The number of amidine groups is 2. The van der Waals surface area contributed by atoms with Crippen molar-refractivity contribution < 1.29 is 19.7 Å². The van der Waals surface area contributed by atoms with Crippen LogP contribution in [0.4, 0.5) is 0 Å². The number of oxime groups is 2. The second-order valence-corrected chi connectivity index (χ2v) is 5.51. The van der Waals surface area contributed by atoms with Gasteiger partial charge in [0.25, 0.3) is 0 Å². The molecule has 0 saturated heterocycles. The molecule has 0 bridgehead atoms. The van der Waals surface area contributed by atoms with E-state index in [1.54, 1.807) is 48.5 Å². The van der Waals surface area contributed by atoms with E-state index >= 15 is 0 Å². The third-order valence-electron chi connectivity index (χ3n) is 3.96. The number of nitrogens with zero attached hydrogens (tertiary/aromatic N) is 3. The van der Waals surface area contributed by atoms with Crippen molar-refractivity contribution in [2.75, 3.05) is 7.11 Å². The molecule has 0 fully saturated rings. The van der Waals surface area contributed by atoms with Crippen LogP contribution in [0, 0.1) is 0 Å². The first-order valence-corrected chi connectivity index (χ1v) is 7.79. The van der Waals surface area contributed by atoms with Gasteiger partial charge in [-0.15, -0.1) is 24.8 Å². The fraction of sp³-hybridized carbons (Fsp3) is 0.0556. The van der Waals surface area contributed by atoms with Crippen LogP contribution in [0.3, 0.4) is 0 Å². The summed E-state index contributed by atoms with van der Waals surface area (Å²) in [5.74, 6) is 0.798. The van der Waals surface area contributed by atoms with E-state index in [0.717, 1.165) is 5.56 Å². The molecule has 9 nitrogen and oxygen atoms in total. The number of rotatable bonds is 5. The smallest absolute Gasteiger partial charge is 0.173 e. The van der Waals surface area contributed by atoms with Crippen molar-refractivity contribution >= 4 is 36.5 Å². The minimum Gasteiger partial charge on any atom is -0.495 e. The van der Waals surface area contributed by atoms with Crippen LogP contribution in [0.25, 0.3) is 22.6 Å². The second-order valence-electron chi connectivity index (χ2n) is 5.51. The summed E-state index contributed by atoms with van der Waals surface area (Å²) in [6, 6.07) is 13.9. The van der Waals surface area contributed by atoms with Crippen LogP contribution in [-0.2, 0) is 0 Å². The monoisotopic (exact) mass is 439 g/mol. The minimum absolute atomic E-state index is 0. The summed E-state index contributed by atoms with van der Waals surface area (Å²) in [4.78, 5) is 0. The predicted octanol–water partition coefficient (Wildman–Crippen LogP) is 3.05. The fourth-order valence-corrected chi connectivity index (χ4v) is 2.61. The van der Waals surface area contributed by atoms with Crippen molar-refractivity contribution in [2.24, 2.45) is 21.8 Å². The molecule has 11 heteroatoms. The maximum absolute atomic E-state index is 8.94. The maximum Gasteiger partial charge on any atom is 0.173 e. The molecule has 1 heterocycles. The predicted molar refractivity (Wildman–Crippen MR) is 113 cm³/mol. The average Bonchev–Trinajstić information content (AvgIpc) is 3.22. The van der Waals surface area contributed by atoms with Gasteiger partial charge in [-0.3, -0.25) is 0 Å². The van der Waals surface area contributed by atoms with Gasteiger partial charge < -0.3 is 31.1 Å². The number of para-hydroxylation sites is 1. The summed E-state index contributed by atoms with van der Waals surface area (Å²) in [5.41, 5.74) is 14.2. The molecule has 29 heavy (non-hydrogen) atoms. The van der Waals surface area contributed by atoms with Gasteiger partial charge in [0.05, 0.1) is 18.2 Å². The highest BCUT2D eigenvalue weighted by atomic mass is 35.5. The van der Waals surface area contributed by atoms with Crippen molar-refractivity contribution in [3.8, 4) is 28.3 Å². The van der Waals surface area contributed by atoms with Gasteiger partial charge in [0.2, 0.25) is 0 Å². The van der Waals surface area contributed by atoms with Gasteiger partial charge in [-0.2, -0.15) is 0 Å². The van der Waals surface area contributed by atoms with E-state index in [2.05, 4.69) is 15.5 Å². The second kappa shape index (κ2) is 10.2. The van der Waals surface area contributed by atoms with Crippen LogP contribution in [0.2, 0.25) is 0 Å². The summed E-state index contributed by atoms with van der Waals surface area (Å²) >= 11 is 0. The quantitative estimate of drug-likeness (QED) is 0.206. The third-order valence-corrected chi connectivity index (χ3v) is 3.96. The normalized spacial score (nSPS) is 11.3. The number of nitrogens with two attached hydrogens (primary N) is 2. The molecule has 2 aromatic carbocycles. The van der Waals surface area contributed by atoms with Crippen molar-refractivity contribution in [2.45, 2.75) is 0 Å². The fourth-order valence-electron chi connectivity index (χ4n) is 2.61. The highest BCUT2D eigenvalue weighted by molar-refractivity contribution is 6.01. The molecule has 154 valence electrons. The standard InChI is InChI=1S/C18H17N5O4.2ClH/c1-26-16-12(3-2-4-13(16)18(20)22-25)15-9-14(23-27-15)10-5-7-11(8-6-10)17(19)21-24;;/h2-9,24-25H,1H3,(H2,19,21)(H2,20,22);2*1H. The van der Waals surface area contributed by atoms with E-state index in [1.807, 2.05) is 0 Å². The molecular formula is C18H19Cl2N5O4. The molecule has 0 saturated carbocycles. The Kier molecular flexibility index (Phi) is 8.31. The van der Waals surface area contributed by atoms with Crippen molar-refractivity contribution in [1.82, 2.24) is 5.16 Å². The summed E-state index contributed by atoms with van der Waals surface area (Å²) in [7, 11) is 1.48. The number of aromatic nitrogens is 1. The Morgan fingerprint density at radius 1 is 1.00 bits per heavy atom. The molecule has 0 atom stereocenters. The molecule has 0 radical (unpaired) electrons. The lowest BCUT2D eigenvalue weighted by Gasteiger charge is -2.10. The summed E-state index contributed by atoms with van der Waals surface area (Å²) < 4.78 is 10.9. The Balaban J connectivity index is 0.00000210. The Labute approximate surface area is 178 Å². The molecular weight excluding hydrogens is 421 g/mol. The molecule has 0 aliphatic rings. The minimum atomic E-state index is -0.0767. The van der Waals surface area contributed by atoms with E-state index in [1.165, 1.54) is 7.11 Å². The van der Waals surface area contributed by atoms with Crippen LogP contribution in [0.15, 0.2) is 63.4 Å². The molecule has 1 aromatic heterocycles. The topological polar surface area (TPSA) is 152 Å². The van der Waals surface area contributed by atoms with Gasteiger partial charge in [0.1, 0.15) is 11.4 Å². The van der Waals surface area contributed by atoms with Crippen molar-refractivity contribution in [3.63, 3.8) is 0 Å². The Morgan fingerprint density at radius 3 is 2.24 bits per heavy atom. The number of benzene rings is 2. The molecule has 0 spiro atoms. The van der Waals surface area contributed by atoms with Gasteiger partial charge in [-0.25, -0.2) is 0 Å². The third kappa shape index (κ3) is 4.71. The maximum atomic E-state index is 8.94. The molecule has 0 aliphatic heterocycles. The van der Waals surface area contributed by atoms with Crippen LogP contribution in [0.1, 0.15) is 11.1 Å². The Bertz CT molecular complexity index is 1020. The van der Waals surface area contributed by atoms with E-state index in [4.69, 9.17) is 31.1 Å². The first kappa shape index (κ1) is 23.6. The largest absolute Gasteiger partial charge is 0.495 e. The van der Waals surface area contributed by atoms with Gasteiger partial charge in [0, 0.05) is 17.2 Å². The zero-order chi connectivity index (χ0) is 19.4. The first-order chi connectivity index (χ1) is 13.1. The lowest BCUT2D eigenvalue weighted by molar-refractivity contribution is 0.318. The van der Waals surface area contributed by atoms with E-state index in [-0.39, 0.29) is 36.5 Å². The summed E-state index contributed by atoms with van der Waals surface area (Å²) in [6.45, 7) is 0. The van der Waals surface area contributed by atoms with Crippen molar-refractivity contribution in [3.05, 3.63) is 59.7 Å². The number of methoxy groups -OCH3 is 1. The van der Waals surface area contributed by atoms with E-state index in [9.17, 15) is 0 Å². The zero-order valence-electron chi connectivity index (χ0n) is 15.1. The lowest BCUT2D eigenvalue weighted by Crippen LogP contribution is -2.14. The van der Waals surface area contributed by atoms with Gasteiger partial charge >= 0.3 is 0 Å². The van der Waals surface area contributed by atoms with Gasteiger partial charge in [-0.1, -0.05) is 45.8 Å². The van der Waals surface area contributed by atoms with Gasteiger partial charge in [-0.05, 0) is 12.1 Å². The Hall–Kier alpha value is -3.43. The van der Waals surface area contributed by atoms with Crippen LogP contribution in [-0.4, -0.2) is 34.4 Å². The molecule has 3 aromatic rings. The molecule has 0 amide bonds. The summed E-state index contributed by atoms with van der Waals surface area (Å²) in [5, 5.41) is 27.7. The molecule has 3 rings (SSSR count). The van der Waals surface area contributed by atoms with Crippen molar-refractivity contribution in [1.29, 1.82) is 0 Å². The highest BCUT2D eigenvalue weighted by Crippen LogP contribution is 2.35. The zero-order valence-corrected chi connectivity index (χ0v) is 16.8. The number of hydrogen-bond acceptors (Lipinski definition) is 7.